The van der Waals surface area contributed by atoms with Gasteiger partial charge < -0.3 is 9.64 Å². The number of carbonyl (C=O) groups excluding carboxylic acids is 2. The lowest BCUT2D eigenvalue weighted by molar-refractivity contribution is -0.135. The maximum atomic E-state index is 12.7. The van der Waals surface area contributed by atoms with Gasteiger partial charge in [0.1, 0.15) is 0 Å². The monoisotopic (exact) mass is 456 g/mol. The summed E-state index contributed by atoms with van der Waals surface area (Å²) in [4.78, 5) is 28.0. The van der Waals surface area contributed by atoms with Gasteiger partial charge in [-0.3, -0.25) is 4.79 Å². The molecule has 0 atom stereocenters. The average Bonchev–Trinajstić information content (AvgIpc) is 3.04. The highest BCUT2D eigenvalue weighted by atomic mass is 35.5. The van der Waals surface area contributed by atoms with Crippen LogP contribution in [-0.2, 0) is 19.6 Å². The third-order valence-electron chi connectivity index (χ3n) is 4.63. The highest BCUT2D eigenvalue weighted by molar-refractivity contribution is 7.89. The molecule has 0 spiro atoms. The zero-order valence-corrected chi connectivity index (χ0v) is 18.4. The van der Waals surface area contributed by atoms with Crippen LogP contribution in [0, 0.1) is 13.8 Å². The number of benzene rings is 1. The summed E-state index contributed by atoms with van der Waals surface area (Å²) in [6.07, 6.45) is 0. The minimum absolute atomic E-state index is 0.164. The van der Waals surface area contributed by atoms with Crippen LogP contribution in [0.3, 0.4) is 0 Å². The van der Waals surface area contributed by atoms with Gasteiger partial charge in [-0.1, -0.05) is 11.6 Å². The van der Waals surface area contributed by atoms with Crippen LogP contribution >= 0.6 is 22.9 Å². The summed E-state index contributed by atoms with van der Waals surface area (Å²) in [6, 6.07) is 7.72. The first-order chi connectivity index (χ1) is 13.7. The summed E-state index contributed by atoms with van der Waals surface area (Å²) in [5, 5.41) is 0.460. The Bertz CT molecular complexity index is 1010. The smallest absolute Gasteiger partial charge is 0.339 e. The normalized spacial score (nSPS) is 15.3. The maximum absolute atomic E-state index is 12.7. The predicted octanol–water partition coefficient (Wildman–Crippen LogP) is 2.71. The summed E-state index contributed by atoms with van der Waals surface area (Å²) in [7, 11) is -3.64. The number of nitrogens with zero attached hydrogens (tertiary/aromatic N) is 2. The number of amides is 1. The average molecular weight is 457 g/mol. The van der Waals surface area contributed by atoms with E-state index in [4.69, 9.17) is 16.3 Å². The number of thiophene rings is 1. The molecular weight excluding hydrogens is 436 g/mol. The molecule has 1 aromatic carbocycles. The van der Waals surface area contributed by atoms with Crippen molar-refractivity contribution < 1.29 is 22.7 Å². The Morgan fingerprint density at radius 3 is 2.28 bits per heavy atom. The van der Waals surface area contributed by atoms with Crippen LogP contribution in [0.4, 0.5) is 0 Å². The van der Waals surface area contributed by atoms with Crippen LogP contribution in [0.1, 0.15) is 20.1 Å². The van der Waals surface area contributed by atoms with Crippen molar-refractivity contribution in [1.82, 2.24) is 9.21 Å². The highest BCUT2D eigenvalue weighted by Gasteiger charge is 2.30. The standard InChI is InChI=1S/C19H21ClN2O5S2/c1-13-11-17(14(2)28-13)19(24)27-12-18(23)21-7-9-22(10-8-21)29(25,26)16-5-3-15(20)4-6-16/h3-6,11H,7-10,12H2,1-2H3. The molecule has 1 aromatic heterocycles. The van der Waals surface area contributed by atoms with Crippen molar-refractivity contribution in [2.75, 3.05) is 32.8 Å². The van der Waals surface area contributed by atoms with E-state index in [0.29, 0.717) is 10.6 Å². The molecule has 10 heteroatoms. The fourth-order valence-corrected chi connectivity index (χ4v) is 5.52. The van der Waals surface area contributed by atoms with Crippen molar-refractivity contribution in [3.63, 3.8) is 0 Å². The Morgan fingerprint density at radius 2 is 1.72 bits per heavy atom. The zero-order valence-electron chi connectivity index (χ0n) is 16.1. The van der Waals surface area contributed by atoms with E-state index in [0.717, 1.165) is 9.75 Å². The number of hydrogen-bond donors (Lipinski definition) is 0. The Kier molecular flexibility index (Phi) is 6.62. The Morgan fingerprint density at radius 1 is 1.10 bits per heavy atom. The number of aryl methyl sites for hydroxylation is 2. The number of carbonyl (C=O) groups is 2. The lowest BCUT2D eigenvalue weighted by Gasteiger charge is -2.33. The van der Waals surface area contributed by atoms with Crippen molar-refractivity contribution in [2.45, 2.75) is 18.7 Å². The molecule has 7 nitrogen and oxygen atoms in total. The molecule has 0 radical (unpaired) electrons. The fourth-order valence-electron chi connectivity index (χ4n) is 3.06. The summed E-state index contributed by atoms with van der Waals surface area (Å²) >= 11 is 7.31. The van der Waals surface area contributed by atoms with Gasteiger partial charge in [-0.2, -0.15) is 4.31 Å². The first kappa shape index (κ1) is 21.8. The summed E-state index contributed by atoms with van der Waals surface area (Å²) < 4.78 is 31.9. The molecule has 29 heavy (non-hydrogen) atoms. The Labute approximate surface area is 178 Å². The molecule has 1 amide bonds. The second kappa shape index (κ2) is 8.83. The first-order valence-electron chi connectivity index (χ1n) is 8.96. The number of rotatable bonds is 5. The molecule has 2 aromatic rings. The molecule has 0 N–H and O–H groups in total. The molecule has 156 valence electrons. The lowest BCUT2D eigenvalue weighted by Crippen LogP contribution is -2.51. The second-order valence-corrected chi connectivity index (χ2v) is 10.5. The number of ether oxygens (including phenoxy) is 1. The van der Waals surface area contributed by atoms with Gasteiger partial charge >= 0.3 is 5.97 Å². The Hall–Kier alpha value is -1.94. The van der Waals surface area contributed by atoms with E-state index in [1.54, 1.807) is 6.07 Å². The van der Waals surface area contributed by atoms with Crippen molar-refractivity contribution in [1.29, 1.82) is 0 Å². The molecular formula is C19H21ClN2O5S2. The number of piperazine rings is 1. The largest absolute Gasteiger partial charge is 0.452 e. The van der Waals surface area contributed by atoms with Crippen molar-refractivity contribution in [3.8, 4) is 0 Å². The molecule has 0 saturated carbocycles. The molecule has 1 aliphatic rings. The van der Waals surface area contributed by atoms with Gasteiger partial charge in [0.05, 0.1) is 10.5 Å². The molecule has 1 aliphatic heterocycles. The van der Waals surface area contributed by atoms with Crippen LogP contribution in [0.5, 0.6) is 0 Å². The highest BCUT2D eigenvalue weighted by Crippen LogP contribution is 2.22. The van der Waals surface area contributed by atoms with E-state index in [1.807, 2.05) is 13.8 Å². The number of halogens is 1. The van der Waals surface area contributed by atoms with E-state index in [2.05, 4.69) is 0 Å². The van der Waals surface area contributed by atoms with Crippen molar-refractivity contribution in [2.24, 2.45) is 0 Å². The predicted molar refractivity (Wildman–Crippen MR) is 111 cm³/mol. The quantitative estimate of drug-likeness (QED) is 0.646. The summed E-state index contributed by atoms with van der Waals surface area (Å²) in [5.74, 6) is -0.865. The topological polar surface area (TPSA) is 84.0 Å². The van der Waals surface area contributed by atoms with E-state index >= 15 is 0 Å². The molecule has 1 saturated heterocycles. The zero-order chi connectivity index (χ0) is 21.2. The third kappa shape index (κ3) is 4.98. The van der Waals surface area contributed by atoms with E-state index in [1.165, 1.54) is 44.8 Å². The van der Waals surface area contributed by atoms with Gasteiger partial charge in [-0.05, 0) is 44.2 Å². The van der Waals surface area contributed by atoms with Gasteiger partial charge in [-0.15, -0.1) is 11.3 Å². The van der Waals surface area contributed by atoms with E-state index in [-0.39, 0.29) is 43.6 Å². The van der Waals surface area contributed by atoms with Gasteiger partial charge in [0.15, 0.2) is 6.61 Å². The molecule has 0 unspecified atom stereocenters. The molecule has 0 aliphatic carbocycles. The number of sulfonamides is 1. The second-order valence-electron chi connectivity index (χ2n) is 6.64. The minimum atomic E-state index is -3.64. The molecule has 0 bridgehead atoms. The van der Waals surface area contributed by atoms with Crippen LogP contribution < -0.4 is 0 Å². The number of hydrogen-bond acceptors (Lipinski definition) is 6. The summed E-state index contributed by atoms with van der Waals surface area (Å²) in [5.41, 5.74) is 0.471. The van der Waals surface area contributed by atoms with Crippen LogP contribution in [0.2, 0.25) is 5.02 Å². The van der Waals surface area contributed by atoms with Crippen molar-refractivity contribution >= 4 is 44.8 Å². The lowest BCUT2D eigenvalue weighted by atomic mass is 10.2. The SMILES string of the molecule is Cc1cc(C(=O)OCC(=O)N2CCN(S(=O)(=O)c3ccc(Cl)cc3)CC2)c(C)s1. The first-order valence-corrected chi connectivity index (χ1v) is 11.6. The van der Waals surface area contributed by atoms with E-state index < -0.39 is 16.0 Å². The van der Waals surface area contributed by atoms with Crippen LogP contribution in [-0.4, -0.2) is 62.3 Å². The molecule has 3 rings (SSSR count). The molecule has 1 fully saturated rings. The van der Waals surface area contributed by atoms with E-state index in [9.17, 15) is 18.0 Å². The summed E-state index contributed by atoms with van der Waals surface area (Å²) in [6.45, 7) is 4.19. The van der Waals surface area contributed by atoms with Gasteiger partial charge in [0, 0.05) is 41.0 Å². The van der Waals surface area contributed by atoms with Gasteiger partial charge in [0.2, 0.25) is 10.0 Å². The maximum Gasteiger partial charge on any atom is 0.339 e. The van der Waals surface area contributed by atoms with Gasteiger partial charge in [-0.25, -0.2) is 13.2 Å². The Balaban J connectivity index is 1.53. The fraction of sp³-hybridized carbons (Fsp3) is 0.368. The van der Waals surface area contributed by atoms with Crippen molar-refractivity contribution in [3.05, 3.63) is 50.7 Å². The van der Waals surface area contributed by atoms with Crippen LogP contribution in [0.15, 0.2) is 35.2 Å². The molecule has 2 heterocycles. The minimum Gasteiger partial charge on any atom is -0.452 e. The number of esters is 1. The third-order valence-corrected chi connectivity index (χ3v) is 7.76. The van der Waals surface area contributed by atoms with Crippen LogP contribution in [0.25, 0.3) is 0 Å². The van der Waals surface area contributed by atoms with Gasteiger partial charge in [0.25, 0.3) is 5.91 Å².